The molecule has 0 saturated carbocycles. The molecule has 0 amide bonds. The summed E-state index contributed by atoms with van der Waals surface area (Å²) in [4.78, 5) is 9.00. The zero-order chi connectivity index (χ0) is 12.6. The van der Waals surface area contributed by atoms with Crippen LogP contribution >= 0.6 is 11.6 Å². The highest BCUT2D eigenvalue weighted by molar-refractivity contribution is 6.30. The smallest absolute Gasteiger partial charge is 0.300 e. The Morgan fingerprint density at radius 1 is 1.44 bits per heavy atom. The van der Waals surface area contributed by atoms with E-state index < -0.39 is 5.97 Å². The number of oxime groups is 1. The summed E-state index contributed by atoms with van der Waals surface area (Å²) in [5.41, 5.74) is 6.56. The Bertz CT molecular complexity index is 359. The monoisotopic (exact) mass is 244 g/mol. The SMILES string of the molecule is CC(=O)O.NC/C(=N\O)c1ccc(Cl)cc1. The molecular formula is C10H13ClN2O3. The van der Waals surface area contributed by atoms with Crippen molar-refractivity contribution in [3.8, 4) is 0 Å². The van der Waals surface area contributed by atoms with E-state index in [0.717, 1.165) is 12.5 Å². The molecule has 0 saturated heterocycles. The fourth-order valence-electron chi connectivity index (χ4n) is 0.859. The highest BCUT2D eigenvalue weighted by Gasteiger charge is 2.00. The lowest BCUT2D eigenvalue weighted by Gasteiger charge is -2.00. The second kappa shape index (κ2) is 7.67. The van der Waals surface area contributed by atoms with Crippen LogP contribution in [0, 0.1) is 0 Å². The summed E-state index contributed by atoms with van der Waals surface area (Å²) in [5.74, 6) is -0.833. The van der Waals surface area contributed by atoms with Crippen molar-refractivity contribution in [3.63, 3.8) is 0 Å². The average Bonchev–Trinajstić information content (AvgIpc) is 2.22. The van der Waals surface area contributed by atoms with Gasteiger partial charge in [-0.3, -0.25) is 4.79 Å². The van der Waals surface area contributed by atoms with Crippen molar-refractivity contribution in [2.45, 2.75) is 6.92 Å². The fourth-order valence-corrected chi connectivity index (χ4v) is 0.985. The topological polar surface area (TPSA) is 95.9 Å². The van der Waals surface area contributed by atoms with Crippen LogP contribution in [0.2, 0.25) is 5.02 Å². The van der Waals surface area contributed by atoms with E-state index in [1.807, 2.05) is 0 Å². The number of benzene rings is 1. The van der Waals surface area contributed by atoms with Crippen molar-refractivity contribution in [3.05, 3.63) is 34.9 Å². The molecule has 0 fully saturated rings. The van der Waals surface area contributed by atoms with Gasteiger partial charge < -0.3 is 16.0 Å². The lowest BCUT2D eigenvalue weighted by molar-refractivity contribution is -0.134. The summed E-state index contributed by atoms with van der Waals surface area (Å²) in [5, 5.41) is 19.6. The van der Waals surface area contributed by atoms with E-state index in [0.29, 0.717) is 10.7 Å². The molecule has 1 rings (SSSR count). The predicted octanol–water partition coefficient (Wildman–Crippen LogP) is 1.57. The van der Waals surface area contributed by atoms with Gasteiger partial charge in [0.1, 0.15) is 5.71 Å². The molecule has 0 aliphatic carbocycles. The van der Waals surface area contributed by atoms with E-state index in [1.165, 1.54) is 0 Å². The van der Waals surface area contributed by atoms with Crippen LogP contribution in [0.25, 0.3) is 0 Å². The first-order chi connectivity index (χ1) is 7.51. The maximum absolute atomic E-state index is 9.00. The number of hydrogen-bond donors (Lipinski definition) is 3. The largest absolute Gasteiger partial charge is 0.481 e. The summed E-state index contributed by atoms with van der Waals surface area (Å²) in [6.45, 7) is 1.29. The maximum Gasteiger partial charge on any atom is 0.300 e. The predicted molar refractivity (Wildman–Crippen MR) is 62.1 cm³/mol. The van der Waals surface area contributed by atoms with Crippen LogP contribution in [0.4, 0.5) is 0 Å². The van der Waals surface area contributed by atoms with E-state index in [4.69, 9.17) is 32.4 Å². The lowest BCUT2D eigenvalue weighted by Crippen LogP contribution is -2.14. The highest BCUT2D eigenvalue weighted by Crippen LogP contribution is 2.09. The summed E-state index contributed by atoms with van der Waals surface area (Å²) in [7, 11) is 0. The Balaban J connectivity index is 0.000000487. The van der Waals surface area contributed by atoms with Crippen molar-refractivity contribution in [1.82, 2.24) is 0 Å². The number of halogens is 1. The molecule has 4 N–H and O–H groups in total. The van der Waals surface area contributed by atoms with Gasteiger partial charge in [0.2, 0.25) is 0 Å². The summed E-state index contributed by atoms with van der Waals surface area (Å²) in [6, 6.07) is 6.95. The molecule has 0 bridgehead atoms. The van der Waals surface area contributed by atoms with E-state index >= 15 is 0 Å². The van der Waals surface area contributed by atoms with Crippen molar-refractivity contribution in [1.29, 1.82) is 0 Å². The third kappa shape index (κ3) is 6.00. The molecule has 6 heteroatoms. The molecule has 0 radical (unpaired) electrons. The van der Waals surface area contributed by atoms with E-state index in [2.05, 4.69) is 5.16 Å². The average molecular weight is 245 g/mol. The van der Waals surface area contributed by atoms with Crippen LogP contribution in [-0.4, -0.2) is 28.5 Å². The molecule has 0 aliphatic heterocycles. The van der Waals surface area contributed by atoms with Gasteiger partial charge in [0, 0.05) is 24.1 Å². The van der Waals surface area contributed by atoms with Gasteiger partial charge in [-0.15, -0.1) is 0 Å². The van der Waals surface area contributed by atoms with E-state index in [9.17, 15) is 0 Å². The number of aliphatic carboxylic acids is 1. The Kier molecular flexibility index (Phi) is 6.91. The second-order valence-corrected chi connectivity index (χ2v) is 3.21. The highest BCUT2D eigenvalue weighted by atomic mass is 35.5. The zero-order valence-electron chi connectivity index (χ0n) is 8.72. The van der Waals surface area contributed by atoms with Crippen LogP contribution in [0.3, 0.4) is 0 Å². The van der Waals surface area contributed by atoms with Crippen LogP contribution < -0.4 is 5.73 Å². The van der Waals surface area contributed by atoms with Crippen molar-refractivity contribution < 1.29 is 15.1 Å². The molecular weight excluding hydrogens is 232 g/mol. The molecule has 0 unspecified atom stereocenters. The first-order valence-electron chi connectivity index (χ1n) is 4.37. The molecule has 0 atom stereocenters. The van der Waals surface area contributed by atoms with Crippen LogP contribution in [-0.2, 0) is 4.79 Å². The van der Waals surface area contributed by atoms with Crippen LogP contribution in [0.1, 0.15) is 12.5 Å². The van der Waals surface area contributed by atoms with Crippen molar-refractivity contribution >= 4 is 23.3 Å². The lowest BCUT2D eigenvalue weighted by atomic mass is 10.1. The van der Waals surface area contributed by atoms with E-state index in [1.54, 1.807) is 24.3 Å². The van der Waals surface area contributed by atoms with Gasteiger partial charge in [-0.2, -0.15) is 0 Å². The van der Waals surface area contributed by atoms with Crippen LogP contribution in [0.15, 0.2) is 29.4 Å². The van der Waals surface area contributed by atoms with Crippen LogP contribution in [0.5, 0.6) is 0 Å². The second-order valence-electron chi connectivity index (χ2n) is 2.78. The van der Waals surface area contributed by atoms with Gasteiger partial charge >= 0.3 is 0 Å². The molecule has 5 nitrogen and oxygen atoms in total. The van der Waals surface area contributed by atoms with Gasteiger partial charge in [0.25, 0.3) is 5.97 Å². The number of nitrogens with two attached hydrogens (primary N) is 1. The number of nitrogens with zero attached hydrogens (tertiary/aromatic N) is 1. The minimum absolute atomic E-state index is 0.206. The van der Waals surface area contributed by atoms with Crippen molar-refractivity contribution in [2.24, 2.45) is 10.9 Å². The summed E-state index contributed by atoms with van der Waals surface area (Å²) < 4.78 is 0. The molecule has 16 heavy (non-hydrogen) atoms. The molecule has 1 aromatic rings. The first-order valence-corrected chi connectivity index (χ1v) is 4.75. The van der Waals surface area contributed by atoms with Gasteiger partial charge in [0.15, 0.2) is 0 Å². The molecule has 1 aromatic carbocycles. The van der Waals surface area contributed by atoms with E-state index in [-0.39, 0.29) is 6.54 Å². The van der Waals surface area contributed by atoms with Gasteiger partial charge in [-0.05, 0) is 12.1 Å². The molecule has 0 aliphatic rings. The molecule has 88 valence electrons. The molecule has 0 spiro atoms. The summed E-state index contributed by atoms with van der Waals surface area (Å²) in [6.07, 6.45) is 0. The molecule has 0 aromatic heterocycles. The number of carbonyl (C=O) groups is 1. The minimum Gasteiger partial charge on any atom is -0.481 e. The Hall–Kier alpha value is -1.59. The molecule has 0 heterocycles. The van der Waals surface area contributed by atoms with Gasteiger partial charge in [-0.1, -0.05) is 28.9 Å². The first kappa shape index (κ1) is 14.4. The minimum atomic E-state index is -0.833. The Labute approximate surface area is 98.1 Å². The van der Waals surface area contributed by atoms with Gasteiger partial charge in [-0.25, -0.2) is 0 Å². The number of carboxylic acid groups (broad SMARTS) is 1. The summed E-state index contributed by atoms with van der Waals surface area (Å²) >= 11 is 5.67. The zero-order valence-corrected chi connectivity index (χ0v) is 9.48. The number of rotatable bonds is 2. The number of carboxylic acids is 1. The maximum atomic E-state index is 9.00. The van der Waals surface area contributed by atoms with Gasteiger partial charge in [0.05, 0.1) is 0 Å². The Morgan fingerprint density at radius 2 is 1.88 bits per heavy atom. The standard InChI is InChI=1S/C8H9ClN2O.C2H4O2/c9-7-3-1-6(2-4-7)8(5-10)11-12;1-2(3)4/h1-4,12H,5,10H2;1H3,(H,3,4)/b11-8+;. The van der Waals surface area contributed by atoms with Crippen molar-refractivity contribution in [2.75, 3.05) is 6.54 Å². The number of hydrogen-bond acceptors (Lipinski definition) is 4. The third-order valence-electron chi connectivity index (χ3n) is 1.49. The Morgan fingerprint density at radius 3 is 2.19 bits per heavy atom. The fraction of sp³-hybridized carbons (Fsp3) is 0.200. The normalized spacial score (nSPS) is 10.3. The third-order valence-corrected chi connectivity index (χ3v) is 1.74. The quantitative estimate of drug-likeness (QED) is 0.418.